The van der Waals surface area contributed by atoms with Gasteiger partial charge in [-0.05, 0) is 42.2 Å². The molecule has 0 radical (unpaired) electrons. The Morgan fingerprint density at radius 1 is 0.971 bits per heavy atom. The van der Waals surface area contributed by atoms with Crippen molar-refractivity contribution in [1.29, 1.82) is 0 Å². The van der Waals surface area contributed by atoms with Gasteiger partial charge in [0.1, 0.15) is 0 Å². The smallest absolute Gasteiger partial charge is 0.280 e. The standard InChI is InChI=1S/C25H20N6O2S/c1-15-20(24(33)31(30-15)18-12-11-16-7-3-4-8-17(16)13-18)14-26-21-10-6-5-9-19(21)22-23(32)27-25(34-2)29-28-22/h3-14,30H,1-2H3,(H,27,29,32). The summed E-state index contributed by atoms with van der Waals surface area (Å²) in [5.74, 6) is 0. The van der Waals surface area contributed by atoms with Gasteiger partial charge in [-0.2, -0.15) is 0 Å². The molecule has 3 aromatic carbocycles. The molecular formula is C25H20N6O2S. The number of nitrogens with one attached hydrogen (secondary N) is 2. The first-order chi connectivity index (χ1) is 16.5. The van der Waals surface area contributed by atoms with Crippen molar-refractivity contribution in [2.75, 3.05) is 6.26 Å². The first kappa shape index (κ1) is 21.6. The van der Waals surface area contributed by atoms with Gasteiger partial charge < -0.3 is 0 Å². The lowest BCUT2D eigenvalue weighted by Gasteiger charge is -2.04. The molecule has 0 bridgehead atoms. The fourth-order valence-corrected chi connectivity index (χ4v) is 4.04. The van der Waals surface area contributed by atoms with E-state index in [1.54, 1.807) is 18.2 Å². The second kappa shape index (κ2) is 8.95. The fourth-order valence-electron chi connectivity index (χ4n) is 3.72. The Morgan fingerprint density at radius 3 is 2.53 bits per heavy atom. The number of hydrogen-bond donors (Lipinski definition) is 2. The molecule has 0 fully saturated rings. The van der Waals surface area contributed by atoms with Crippen LogP contribution in [0.3, 0.4) is 0 Å². The van der Waals surface area contributed by atoms with E-state index in [4.69, 9.17) is 0 Å². The quantitative estimate of drug-likeness (QED) is 0.296. The molecule has 0 aliphatic rings. The number of para-hydroxylation sites is 1. The number of benzene rings is 3. The number of aromatic nitrogens is 5. The van der Waals surface area contributed by atoms with E-state index in [0.717, 1.165) is 16.5 Å². The molecule has 2 N–H and O–H groups in total. The summed E-state index contributed by atoms with van der Waals surface area (Å²) in [6.07, 6.45) is 3.32. The van der Waals surface area contributed by atoms with E-state index < -0.39 is 0 Å². The van der Waals surface area contributed by atoms with Gasteiger partial charge >= 0.3 is 0 Å². The van der Waals surface area contributed by atoms with Gasteiger partial charge in [-0.3, -0.25) is 24.7 Å². The van der Waals surface area contributed by atoms with Crippen LogP contribution in [0.25, 0.3) is 27.7 Å². The van der Waals surface area contributed by atoms with Crippen molar-refractivity contribution in [2.24, 2.45) is 4.99 Å². The lowest BCUT2D eigenvalue weighted by Crippen LogP contribution is -2.17. The number of aliphatic imine (C=N–C) groups is 1. The Bertz CT molecular complexity index is 1660. The Morgan fingerprint density at radius 2 is 1.74 bits per heavy atom. The zero-order chi connectivity index (χ0) is 23.7. The molecular weight excluding hydrogens is 448 g/mol. The van der Waals surface area contributed by atoms with Gasteiger partial charge in [-0.1, -0.05) is 60.3 Å². The Balaban J connectivity index is 1.53. The van der Waals surface area contributed by atoms with Gasteiger partial charge in [0.25, 0.3) is 11.1 Å². The average Bonchev–Trinajstić information content (AvgIpc) is 3.15. The van der Waals surface area contributed by atoms with E-state index in [1.807, 2.05) is 61.7 Å². The summed E-state index contributed by atoms with van der Waals surface area (Å²) in [7, 11) is 0. The van der Waals surface area contributed by atoms with E-state index in [1.165, 1.54) is 22.7 Å². The van der Waals surface area contributed by atoms with Gasteiger partial charge in [-0.15, -0.1) is 10.2 Å². The number of rotatable bonds is 5. The number of H-pyrrole nitrogens is 2. The lowest BCUT2D eigenvalue weighted by atomic mass is 10.1. The predicted octanol–water partition coefficient (Wildman–Crippen LogP) is 4.25. The highest BCUT2D eigenvalue weighted by Gasteiger charge is 2.14. The third kappa shape index (κ3) is 3.97. The van der Waals surface area contributed by atoms with Crippen LogP contribution < -0.4 is 11.1 Å². The number of thioether (sulfide) groups is 1. The molecule has 0 aliphatic carbocycles. The number of aromatic amines is 2. The average molecular weight is 469 g/mol. The van der Waals surface area contributed by atoms with Crippen LogP contribution in [-0.4, -0.2) is 37.4 Å². The third-order valence-electron chi connectivity index (χ3n) is 5.47. The van der Waals surface area contributed by atoms with E-state index in [-0.39, 0.29) is 16.8 Å². The Labute approximate surface area is 198 Å². The summed E-state index contributed by atoms with van der Waals surface area (Å²) in [6.45, 7) is 1.82. The van der Waals surface area contributed by atoms with Gasteiger partial charge in [0.2, 0.25) is 0 Å². The van der Waals surface area contributed by atoms with E-state index in [0.29, 0.717) is 27.7 Å². The van der Waals surface area contributed by atoms with Crippen molar-refractivity contribution >= 4 is 34.4 Å². The fraction of sp³-hybridized carbons (Fsp3) is 0.0800. The molecule has 2 aromatic heterocycles. The minimum absolute atomic E-state index is 0.171. The molecule has 0 saturated carbocycles. The van der Waals surface area contributed by atoms with Crippen molar-refractivity contribution < 1.29 is 0 Å². The maximum atomic E-state index is 13.2. The van der Waals surface area contributed by atoms with Gasteiger partial charge in [0.15, 0.2) is 10.9 Å². The maximum Gasteiger partial charge on any atom is 0.280 e. The minimum atomic E-state index is -0.349. The molecule has 0 unspecified atom stereocenters. The van der Waals surface area contributed by atoms with Crippen molar-refractivity contribution in [3.05, 3.63) is 98.7 Å². The van der Waals surface area contributed by atoms with E-state index >= 15 is 0 Å². The molecule has 0 atom stereocenters. The van der Waals surface area contributed by atoms with Crippen LogP contribution in [-0.2, 0) is 0 Å². The molecule has 2 heterocycles. The van der Waals surface area contributed by atoms with Crippen LogP contribution in [0.4, 0.5) is 5.69 Å². The second-order valence-corrected chi connectivity index (χ2v) is 8.40. The molecule has 5 aromatic rings. The second-order valence-electron chi connectivity index (χ2n) is 7.61. The summed E-state index contributed by atoms with van der Waals surface area (Å²) in [5.41, 5.74) is 2.50. The highest BCUT2D eigenvalue weighted by Crippen LogP contribution is 2.26. The molecule has 5 rings (SSSR count). The van der Waals surface area contributed by atoms with Crippen molar-refractivity contribution in [3.8, 4) is 16.9 Å². The van der Waals surface area contributed by atoms with E-state index in [9.17, 15) is 9.59 Å². The Hall–Kier alpha value is -4.24. The number of nitrogens with zero attached hydrogens (tertiary/aromatic N) is 4. The maximum absolute atomic E-state index is 13.2. The van der Waals surface area contributed by atoms with Crippen LogP contribution in [0.1, 0.15) is 11.3 Å². The zero-order valence-corrected chi connectivity index (χ0v) is 19.3. The summed E-state index contributed by atoms with van der Waals surface area (Å²) in [5, 5.41) is 13.8. The largest absolute Gasteiger partial charge is 0.298 e. The van der Waals surface area contributed by atoms with Crippen LogP contribution in [0, 0.1) is 6.92 Å². The van der Waals surface area contributed by atoms with Gasteiger partial charge in [-0.25, -0.2) is 4.68 Å². The van der Waals surface area contributed by atoms with Gasteiger partial charge in [0.05, 0.1) is 16.9 Å². The summed E-state index contributed by atoms with van der Waals surface area (Å²) >= 11 is 1.30. The SMILES string of the molecule is CSc1nnc(-c2ccccc2N=Cc2c(C)[nH]n(-c3ccc4ccccc4c3)c2=O)c(=O)[nH]1. The lowest BCUT2D eigenvalue weighted by molar-refractivity contribution is 0.826. The van der Waals surface area contributed by atoms with Crippen molar-refractivity contribution in [3.63, 3.8) is 0 Å². The van der Waals surface area contributed by atoms with Gasteiger partial charge in [0, 0.05) is 17.5 Å². The van der Waals surface area contributed by atoms with E-state index in [2.05, 4.69) is 25.3 Å². The topological polar surface area (TPSA) is 109 Å². The van der Waals surface area contributed by atoms with Crippen LogP contribution >= 0.6 is 11.8 Å². The van der Waals surface area contributed by atoms with Crippen LogP contribution in [0.15, 0.2) is 86.5 Å². The first-order valence-corrected chi connectivity index (χ1v) is 11.7. The molecule has 0 aliphatic heterocycles. The van der Waals surface area contributed by atoms with Crippen molar-refractivity contribution in [2.45, 2.75) is 12.1 Å². The molecule has 8 nitrogen and oxygen atoms in total. The highest BCUT2D eigenvalue weighted by molar-refractivity contribution is 7.98. The normalized spacial score (nSPS) is 11.5. The predicted molar refractivity (Wildman–Crippen MR) is 136 cm³/mol. The zero-order valence-electron chi connectivity index (χ0n) is 18.4. The summed E-state index contributed by atoms with van der Waals surface area (Å²) in [4.78, 5) is 32.9. The molecule has 0 spiro atoms. The van der Waals surface area contributed by atoms with Crippen LogP contribution in [0.5, 0.6) is 0 Å². The molecule has 9 heteroatoms. The highest BCUT2D eigenvalue weighted by atomic mass is 32.2. The molecule has 168 valence electrons. The number of fused-ring (bicyclic) bond motifs is 1. The summed E-state index contributed by atoms with van der Waals surface area (Å²) in [6, 6.07) is 21.0. The third-order valence-corrected chi connectivity index (χ3v) is 6.04. The monoisotopic (exact) mass is 468 g/mol. The number of aryl methyl sites for hydroxylation is 1. The minimum Gasteiger partial charge on any atom is -0.298 e. The summed E-state index contributed by atoms with van der Waals surface area (Å²) < 4.78 is 1.51. The molecule has 0 amide bonds. The van der Waals surface area contributed by atoms with Crippen molar-refractivity contribution in [1.82, 2.24) is 25.0 Å². The number of hydrogen-bond acceptors (Lipinski definition) is 6. The van der Waals surface area contributed by atoms with Crippen LogP contribution in [0.2, 0.25) is 0 Å². The Kier molecular flexibility index (Phi) is 5.69. The molecule has 34 heavy (non-hydrogen) atoms. The first-order valence-electron chi connectivity index (χ1n) is 10.5. The molecule has 0 saturated heterocycles.